The second-order valence-corrected chi connectivity index (χ2v) is 8.33. The number of Topliss-reactive ketones (excluding diaryl/α,β-unsaturated/α-hetero) is 1. The second-order valence-electron chi connectivity index (χ2n) is 7.93. The van der Waals surface area contributed by atoms with Gasteiger partial charge in [-0.1, -0.05) is 41.9 Å². The molecule has 2 aliphatic rings. The highest BCUT2D eigenvalue weighted by molar-refractivity contribution is 6.31. The minimum Gasteiger partial charge on any atom is -0.379 e. The standard InChI is InChI=1S/C24H29ClN2O3/c1-18-17-20(7-8-21(18)25)24(28)23(27-11-15-30-16-12-27)22(19-5-3-2-4-6-19)26-9-13-29-14-10-26/h2-8,17,22-23H,9-16H2,1H3. The Labute approximate surface area is 183 Å². The molecule has 0 saturated carbocycles. The van der Waals surface area contributed by atoms with Gasteiger partial charge in [0.05, 0.1) is 38.5 Å². The van der Waals surface area contributed by atoms with Gasteiger partial charge in [-0.2, -0.15) is 0 Å². The maximum Gasteiger partial charge on any atom is 0.181 e. The van der Waals surface area contributed by atoms with Gasteiger partial charge < -0.3 is 9.47 Å². The van der Waals surface area contributed by atoms with Crippen LogP contribution in [0.4, 0.5) is 0 Å². The number of aryl methyl sites for hydroxylation is 1. The van der Waals surface area contributed by atoms with E-state index in [4.69, 9.17) is 21.1 Å². The Balaban J connectivity index is 1.76. The number of carbonyl (C=O) groups is 1. The molecule has 160 valence electrons. The van der Waals surface area contributed by atoms with Crippen LogP contribution in [0.1, 0.15) is 27.5 Å². The summed E-state index contributed by atoms with van der Waals surface area (Å²) in [6.07, 6.45) is 0. The predicted molar refractivity (Wildman–Crippen MR) is 118 cm³/mol. The first-order valence-electron chi connectivity index (χ1n) is 10.6. The van der Waals surface area contributed by atoms with Crippen LogP contribution in [0, 0.1) is 6.92 Å². The molecule has 6 heteroatoms. The Hall–Kier alpha value is -1.76. The number of hydrogen-bond donors (Lipinski definition) is 0. The normalized spacial score (nSPS) is 20.6. The van der Waals surface area contributed by atoms with Crippen LogP contribution < -0.4 is 0 Å². The number of ether oxygens (including phenoxy) is 2. The summed E-state index contributed by atoms with van der Waals surface area (Å²) in [5, 5.41) is 0.683. The van der Waals surface area contributed by atoms with Gasteiger partial charge in [0, 0.05) is 36.8 Å². The Bertz CT molecular complexity index is 849. The number of hydrogen-bond acceptors (Lipinski definition) is 5. The maximum absolute atomic E-state index is 14.0. The summed E-state index contributed by atoms with van der Waals surface area (Å²) in [7, 11) is 0. The van der Waals surface area contributed by atoms with Crippen LogP contribution in [0.5, 0.6) is 0 Å². The van der Waals surface area contributed by atoms with Crippen molar-refractivity contribution in [2.45, 2.75) is 19.0 Å². The zero-order valence-electron chi connectivity index (χ0n) is 17.4. The summed E-state index contributed by atoms with van der Waals surface area (Å²) < 4.78 is 11.2. The van der Waals surface area contributed by atoms with Gasteiger partial charge in [0.1, 0.15) is 0 Å². The van der Waals surface area contributed by atoms with Crippen molar-refractivity contribution in [2.24, 2.45) is 0 Å². The molecule has 2 aromatic rings. The zero-order chi connectivity index (χ0) is 20.9. The molecular formula is C24H29ClN2O3. The molecule has 0 spiro atoms. The van der Waals surface area contributed by atoms with Gasteiger partial charge in [0.2, 0.25) is 0 Å². The molecule has 0 N–H and O–H groups in total. The van der Waals surface area contributed by atoms with Gasteiger partial charge in [-0.3, -0.25) is 14.6 Å². The molecule has 2 unspecified atom stereocenters. The van der Waals surface area contributed by atoms with Crippen LogP contribution in [-0.2, 0) is 9.47 Å². The fraction of sp³-hybridized carbons (Fsp3) is 0.458. The topological polar surface area (TPSA) is 42.0 Å². The van der Waals surface area contributed by atoms with Crippen LogP contribution in [0.25, 0.3) is 0 Å². The summed E-state index contributed by atoms with van der Waals surface area (Å²) in [6.45, 7) is 7.73. The van der Waals surface area contributed by atoms with Crippen LogP contribution >= 0.6 is 11.6 Å². The van der Waals surface area contributed by atoms with Gasteiger partial charge in [-0.15, -0.1) is 0 Å². The van der Waals surface area contributed by atoms with E-state index >= 15 is 0 Å². The van der Waals surface area contributed by atoms with E-state index in [1.165, 1.54) is 0 Å². The number of carbonyl (C=O) groups excluding carboxylic acids is 1. The first-order valence-corrected chi connectivity index (χ1v) is 11.0. The summed E-state index contributed by atoms with van der Waals surface area (Å²) in [4.78, 5) is 18.7. The lowest BCUT2D eigenvalue weighted by atomic mass is 9.89. The Morgan fingerprint density at radius 1 is 0.900 bits per heavy atom. The van der Waals surface area contributed by atoms with Crippen LogP contribution in [0.15, 0.2) is 48.5 Å². The lowest BCUT2D eigenvalue weighted by Gasteiger charge is -2.44. The van der Waals surface area contributed by atoms with Crippen molar-refractivity contribution in [3.05, 3.63) is 70.2 Å². The van der Waals surface area contributed by atoms with Gasteiger partial charge in [-0.25, -0.2) is 0 Å². The monoisotopic (exact) mass is 428 g/mol. The maximum atomic E-state index is 14.0. The molecule has 2 heterocycles. The fourth-order valence-electron chi connectivity index (χ4n) is 4.43. The average Bonchev–Trinajstić information content (AvgIpc) is 2.80. The third kappa shape index (κ3) is 4.76. The molecule has 30 heavy (non-hydrogen) atoms. The number of morpholine rings is 2. The molecular weight excluding hydrogens is 400 g/mol. The number of ketones is 1. The number of rotatable bonds is 6. The molecule has 0 aliphatic carbocycles. The van der Waals surface area contributed by atoms with E-state index in [9.17, 15) is 4.79 Å². The molecule has 2 fully saturated rings. The minimum absolute atomic E-state index is 0.0447. The second kappa shape index (κ2) is 10.0. The van der Waals surface area contributed by atoms with E-state index in [1.54, 1.807) is 0 Å². The fourth-order valence-corrected chi connectivity index (χ4v) is 4.55. The van der Waals surface area contributed by atoms with Crippen LogP contribution in [0.3, 0.4) is 0 Å². The summed E-state index contributed by atoms with van der Waals surface area (Å²) in [5.74, 6) is 0.136. The Kier molecular flexibility index (Phi) is 7.18. The SMILES string of the molecule is Cc1cc(C(=O)C(C(c2ccccc2)N2CCOCC2)N2CCOCC2)ccc1Cl. The summed E-state index contributed by atoms with van der Waals surface area (Å²) in [6, 6.07) is 15.6. The van der Waals surface area contributed by atoms with Crippen LogP contribution in [0.2, 0.25) is 5.02 Å². The Morgan fingerprint density at radius 3 is 2.10 bits per heavy atom. The first kappa shape index (κ1) is 21.5. The predicted octanol–water partition coefficient (Wildman–Crippen LogP) is 3.61. The molecule has 0 bridgehead atoms. The van der Waals surface area contributed by atoms with E-state index in [-0.39, 0.29) is 17.9 Å². The van der Waals surface area contributed by atoms with Crippen molar-refractivity contribution in [3.63, 3.8) is 0 Å². The Morgan fingerprint density at radius 2 is 1.50 bits per heavy atom. The quantitative estimate of drug-likeness (QED) is 0.657. The smallest absolute Gasteiger partial charge is 0.181 e. The molecule has 2 aliphatic heterocycles. The highest BCUT2D eigenvalue weighted by Gasteiger charge is 2.39. The van der Waals surface area contributed by atoms with Gasteiger partial charge >= 0.3 is 0 Å². The van der Waals surface area contributed by atoms with Crippen molar-refractivity contribution in [1.82, 2.24) is 9.80 Å². The third-order valence-corrected chi connectivity index (χ3v) is 6.45. The largest absolute Gasteiger partial charge is 0.379 e. The average molecular weight is 429 g/mol. The molecule has 0 radical (unpaired) electrons. The molecule has 5 nitrogen and oxygen atoms in total. The molecule has 0 aromatic heterocycles. The van der Waals surface area contributed by atoms with Crippen molar-refractivity contribution in [1.29, 1.82) is 0 Å². The zero-order valence-corrected chi connectivity index (χ0v) is 18.2. The van der Waals surface area contributed by atoms with Crippen molar-refractivity contribution >= 4 is 17.4 Å². The lowest BCUT2D eigenvalue weighted by Crippen LogP contribution is -2.55. The van der Waals surface area contributed by atoms with E-state index in [0.29, 0.717) is 37.0 Å². The van der Waals surface area contributed by atoms with Gasteiger partial charge in [0.25, 0.3) is 0 Å². The number of halogens is 1. The molecule has 0 amide bonds. The van der Waals surface area contributed by atoms with Crippen molar-refractivity contribution in [3.8, 4) is 0 Å². The third-order valence-electron chi connectivity index (χ3n) is 6.03. The highest BCUT2D eigenvalue weighted by Crippen LogP contribution is 2.32. The van der Waals surface area contributed by atoms with Crippen molar-refractivity contribution in [2.75, 3.05) is 52.6 Å². The van der Waals surface area contributed by atoms with Gasteiger partial charge in [-0.05, 0) is 36.2 Å². The number of benzene rings is 2. The first-order chi connectivity index (χ1) is 14.6. The van der Waals surface area contributed by atoms with Crippen molar-refractivity contribution < 1.29 is 14.3 Å². The van der Waals surface area contributed by atoms with E-state index in [2.05, 4.69) is 34.1 Å². The summed E-state index contributed by atoms with van der Waals surface area (Å²) in [5.41, 5.74) is 2.79. The molecule has 2 atom stereocenters. The summed E-state index contributed by atoms with van der Waals surface area (Å²) >= 11 is 6.23. The molecule has 4 rings (SSSR count). The highest BCUT2D eigenvalue weighted by atomic mass is 35.5. The number of nitrogens with zero attached hydrogens (tertiary/aromatic N) is 2. The minimum atomic E-state index is -0.296. The molecule has 2 saturated heterocycles. The van der Waals surface area contributed by atoms with E-state index < -0.39 is 0 Å². The molecule has 2 aromatic carbocycles. The van der Waals surface area contributed by atoms with E-state index in [1.807, 2.05) is 31.2 Å². The van der Waals surface area contributed by atoms with Gasteiger partial charge in [0.15, 0.2) is 5.78 Å². The lowest BCUT2D eigenvalue weighted by molar-refractivity contribution is -0.0301. The van der Waals surface area contributed by atoms with E-state index in [0.717, 1.165) is 37.3 Å². The van der Waals surface area contributed by atoms with Crippen LogP contribution in [-0.4, -0.2) is 74.2 Å².